The molecule has 0 aliphatic carbocycles. The smallest absolute Gasteiger partial charge is 0.0793 e. The van der Waals surface area contributed by atoms with Crippen molar-refractivity contribution in [2.75, 3.05) is 25.4 Å². The number of nitrogens with one attached hydrogen (secondary N) is 1. The van der Waals surface area contributed by atoms with Crippen LogP contribution in [0, 0.1) is 0 Å². The molecule has 0 radical (unpaired) electrons. The highest BCUT2D eigenvalue weighted by atomic mass is 32.2. The third kappa shape index (κ3) is 3.47. The van der Waals surface area contributed by atoms with Crippen LogP contribution in [0.15, 0.2) is 23.4 Å². The van der Waals surface area contributed by atoms with Gasteiger partial charge in [-0.3, -0.25) is 4.98 Å². The van der Waals surface area contributed by atoms with E-state index in [1.54, 1.807) is 0 Å². The average Bonchev–Trinajstić information content (AvgIpc) is 2.38. The second-order valence-electron chi connectivity index (χ2n) is 3.89. The van der Waals surface area contributed by atoms with E-state index in [2.05, 4.69) is 23.3 Å². The number of hydrogen-bond acceptors (Lipinski definition) is 4. The van der Waals surface area contributed by atoms with Crippen LogP contribution in [-0.4, -0.2) is 36.5 Å². The maximum absolute atomic E-state index is 5.65. The summed E-state index contributed by atoms with van der Waals surface area (Å²) in [6.45, 7) is 4.93. The first-order chi connectivity index (χ1) is 7.88. The van der Waals surface area contributed by atoms with Gasteiger partial charge < -0.3 is 10.1 Å². The molecule has 1 unspecified atom stereocenters. The zero-order valence-electron chi connectivity index (χ0n) is 9.61. The summed E-state index contributed by atoms with van der Waals surface area (Å²) in [5.74, 6) is 1.00. The van der Waals surface area contributed by atoms with Gasteiger partial charge in [-0.05, 0) is 18.1 Å². The van der Waals surface area contributed by atoms with E-state index in [1.807, 2.05) is 24.2 Å². The molecule has 1 atom stereocenters. The van der Waals surface area contributed by atoms with Crippen molar-refractivity contribution < 1.29 is 4.74 Å². The van der Waals surface area contributed by atoms with Crippen molar-refractivity contribution in [3.05, 3.63) is 24.0 Å². The summed E-state index contributed by atoms with van der Waals surface area (Å²) < 4.78 is 5.65. The summed E-state index contributed by atoms with van der Waals surface area (Å²) in [5, 5.41) is 3.34. The Hall–Kier alpha value is -0.580. The highest BCUT2D eigenvalue weighted by Crippen LogP contribution is 2.20. The van der Waals surface area contributed by atoms with Gasteiger partial charge in [-0.2, -0.15) is 0 Å². The zero-order valence-corrected chi connectivity index (χ0v) is 10.4. The normalized spacial score (nSPS) is 20.9. The molecular formula is C12H18N2OS. The largest absolute Gasteiger partial charge is 0.375 e. The molecule has 0 spiro atoms. The van der Waals surface area contributed by atoms with Crippen molar-refractivity contribution in [2.24, 2.45) is 0 Å². The molecule has 2 heterocycles. The molecule has 88 valence electrons. The summed E-state index contributed by atoms with van der Waals surface area (Å²) in [4.78, 5) is 5.49. The zero-order chi connectivity index (χ0) is 11.2. The molecule has 0 saturated carbocycles. The first-order valence-electron chi connectivity index (χ1n) is 5.77. The van der Waals surface area contributed by atoms with Crippen LogP contribution in [0.1, 0.15) is 12.5 Å². The number of thioether (sulfide) groups is 1. The third-order valence-electron chi connectivity index (χ3n) is 2.62. The van der Waals surface area contributed by atoms with Crippen LogP contribution in [0.4, 0.5) is 0 Å². The molecule has 1 aliphatic rings. The highest BCUT2D eigenvalue weighted by molar-refractivity contribution is 7.99. The molecule has 0 amide bonds. The monoisotopic (exact) mass is 238 g/mol. The standard InChI is InChI=1S/C12H18N2OS/c1-2-10-5-12(8-14-6-10)16-9-11-7-13-3-4-15-11/h5-6,8,11,13H,2-4,7,9H2,1H3. The van der Waals surface area contributed by atoms with Crippen LogP contribution in [0.25, 0.3) is 0 Å². The Morgan fingerprint density at radius 2 is 2.50 bits per heavy atom. The Morgan fingerprint density at radius 3 is 3.25 bits per heavy atom. The van der Waals surface area contributed by atoms with E-state index in [4.69, 9.17) is 4.74 Å². The predicted molar refractivity (Wildman–Crippen MR) is 66.9 cm³/mol. The minimum Gasteiger partial charge on any atom is -0.375 e. The molecule has 1 aliphatic heterocycles. The van der Waals surface area contributed by atoms with E-state index >= 15 is 0 Å². The van der Waals surface area contributed by atoms with Gasteiger partial charge in [0.1, 0.15) is 0 Å². The number of aromatic nitrogens is 1. The van der Waals surface area contributed by atoms with Crippen LogP contribution in [0.3, 0.4) is 0 Å². The van der Waals surface area contributed by atoms with E-state index in [-0.39, 0.29) is 0 Å². The maximum Gasteiger partial charge on any atom is 0.0793 e. The Labute approximate surface area is 101 Å². The lowest BCUT2D eigenvalue weighted by Crippen LogP contribution is -2.39. The molecule has 2 rings (SSSR count). The lowest BCUT2D eigenvalue weighted by molar-refractivity contribution is 0.0441. The first-order valence-corrected chi connectivity index (χ1v) is 6.76. The van der Waals surface area contributed by atoms with Gasteiger partial charge in [-0.15, -0.1) is 11.8 Å². The average molecular weight is 238 g/mol. The van der Waals surface area contributed by atoms with Gasteiger partial charge in [0.05, 0.1) is 12.7 Å². The maximum atomic E-state index is 5.65. The Kier molecular flexibility index (Phi) is 4.63. The number of aryl methyl sites for hydroxylation is 1. The fraction of sp³-hybridized carbons (Fsp3) is 0.583. The van der Waals surface area contributed by atoms with E-state index in [0.29, 0.717) is 6.10 Å². The molecule has 1 N–H and O–H groups in total. The Bertz CT molecular complexity index is 327. The molecular weight excluding hydrogens is 220 g/mol. The number of ether oxygens (including phenoxy) is 1. The van der Waals surface area contributed by atoms with E-state index in [9.17, 15) is 0 Å². The number of morpholine rings is 1. The van der Waals surface area contributed by atoms with Gasteiger partial charge in [-0.1, -0.05) is 6.92 Å². The van der Waals surface area contributed by atoms with Crippen LogP contribution in [0.2, 0.25) is 0 Å². The number of hydrogen-bond donors (Lipinski definition) is 1. The first kappa shape index (κ1) is 11.9. The Balaban J connectivity index is 1.83. The lowest BCUT2D eigenvalue weighted by atomic mass is 10.2. The number of pyridine rings is 1. The third-order valence-corrected chi connectivity index (χ3v) is 3.71. The van der Waals surface area contributed by atoms with Crippen molar-refractivity contribution in [1.82, 2.24) is 10.3 Å². The van der Waals surface area contributed by atoms with Crippen LogP contribution in [0.5, 0.6) is 0 Å². The topological polar surface area (TPSA) is 34.2 Å². The molecule has 1 saturated heterocycles. The van der Waals surface area contributed by atoms with Crippen LogP contribution in [-0.2, 0) is 11.2 Å². The summed E-state index contributed by atoms with van der Waals surface area (Å²) in [6.07, 6.45) is 5.25. The van der Waals surface area contributed by atoms with Gasteiger partial charge in [0.25, 0.3) is 0 Å². The highest BCUT2D eigenvalue weighted by Gasteiger charge is 2.13. The van der Waals surface area contributed by atoms with Crippen molar-refractivity contribution >= 4 is 11.8 Å². The molecule has 1 fully saturated rings. The van der Waals surface area contributed by atoms with Gasteiger partial charge in [0, 0.05) is 36.1 Å². The Morgan fingerprint density at radius 1 is 1.56 bits per heavy atom. The number of rotatable bonds is 4. The summed E-state index contributed by atoms with van der Waals surface area (Å²) >= 11 is 1.83. The van der Waals surface area contributed by atoms with E-state index in [0.717, 1.165) is 31.9 Å². The van der Waals surface area contributed by atoms with Gasteiger partial charge in [0.15, 0.2) is 0 Å². The van der Waals surface area contributed by atoms with Crippen molar-refractivity contribution in [3.8, 4) is 0 Å². The second-order valence-corrected chi connectivity index (χ2v) is 4.98. The fourth-order valence-corrected chi connectivity index (χ4v) is 2.61. The summed E-state index contributed by atoms with van der Waals surface area (Å²) in [7, 11) is 0. The fourth-order valence-electron chi connectivity index (χ4n) is 1.65. The molecule has 0 aromatic carbocycles. The minimum atomic E-state index is 0.337. The van der Waals surface area contributed by atoms with Crippen molar-refractivity contribution in [2.45, 2.75) is 24.3 Å². The predicted octanol–water partition coefficient (Wildman–Crippen LogP) is 1.72. The molecule has 0 bridgehead atoms. The van der Waals surface area contributed by atoms with Crippen molar-refractivity contribution in [3.63, 3.8) is 0 Å². The quantitative estimate of drug-likeness (QED) is 0.810. The molecule has 3 nitrogen and oxygen atoms in total. The van der Waals surface area contributed by atoms with Gasteiger partial charge in [0.2, 0.25) is 0 Å². The van der Waals surface area contributed by atoms with E-state index < -0.39 is 0 Å². The van der Waals surface area contributed by atoms with Gasteiger partial charge in [-0.25, -0.2) is 0 Å². The van der Waals surface area contributed by atoms with Crippen LogP contribution < -0.4 is 5.32 Å². The van der Waals surface area contributed by atoms with E-state index in [1.165, 1.54) is 10.5 Å². The molecule has 4 heteroatoms. The van der Waals surface area contributed by atoms with Gasteiger partial charge >= 0.3 is 0 Å². The van der Waals surface area contributed by atoms with Crippen molar-refractivity contribution in [1.29, 1.82) is 0 Å². The number of nitrogens with zero attached hydrogens (tertiary/aromatic N) is 1. The molecule has 1 aromatic heterocycles. The minimum absolute atomic E-state index is 0.337. The second kappa shape index (κ2) is 6.23. The SMILES string of the molecule is CCc1cncc(SCC2CNCCO2)c1. The van der Waals surface area contributed by atoms with Crippen LogP contribution >= 0.6 is 11.8 Å². The molecule has 16 heavy (non-hydrogen) atoms. The summed E-state index contributed by atoms with van der Waals surface area (Å²) in [6, 6.07) is 2.22. The lowest BCUT2D eigenvalue weighted by Gasteiger charge is -2.23. The summed E-state index contributed by atoms with van der Waals surface area (Å²) in [5.41, 5.74) is 1.30. The molecule has 1 aromatic rings.